The standard InChI is InChI=1S/C29H32F6N8O2/c1-2-41-9-7-22(20(30)15-41)38-21-4-3-5-23-19(21)10-24(42(23)16-29(33,34)35)26-39-25(45-40-26)13-36-27(44)17-12-37-43(14-17)18-6-8-28(31,32)11-18/h3-5,10,12,14,18,20,22,38H,2,6-9,11,13,15-16H2,1H3,(H,36,44)/t18?,20-,22+/m0/s1. The van der Waals surface area contributed by atoms with Gasteiger partial charge in [0.25, 0.3) is 5.91 Å². The van der Waals surface area contributed by atoms with Crippen molar-refractivity contribution in [3.63, 3.8) is 0 Å². The summed E-state index contributed by atoms with van der Waals surface area (Å²) in [4.78, 5) is 18.9. The Balaban J connectivity index is 1.20. The van der Waals surface area contributed by atoms with Gasteiger partial charge in [-0.2, -0.15) is 23.3 Å². The van der Waals surface area contributed by atoms with Crippen LogP contribution in [-0.2, 0) is 13.1 Å². The quantitative estimate of drug-likeness (QED) is 0.231. The number of piperidine rings is 1. The highest BCUT2D eigenvalue weighted by Crippen LogP contribution is 2.41. The van der Waals surface area contributed by atoms with E-state index in [2.05, 4.69) is 25.9 Å². The largest absolute Gasteiger partial charge is 0.406 e. The number of likely N-dealkylation sites (tertiary alicyclic amines) is 1. The molecule has 3 aromatic heterocycles. The van der Waals surface area contributed by atoms with Gasteiger partial charge >= 0.3 is 6.18 Å². The number of carbonyl (C=O) groups excluding carboxylic acids is 1. The molecule has 1 aliphatic heterocycles. The number of amides is 1. The van der Waals surface area contributed by atoms with E-state index in [9.17, 15) is 31.1 Å². The molecule has 0 radical (unpaired) electrons. The van der Waals surface area contributed by atoms with E-state index in [1.54, 1.807) is 12.1 Å². The van der Waals surface area contributed by atoms with Crippen molar-refractivity contribution in [2.24, 2.45) is 0 Å². The van der Waals surface area contributed by atoms with Crippen LogP contribution in [0.4, 0.5) is 32.0 Å². The van der Waals surface area contributed by atoms with Crippen LogP contribution in [-0.4, -0.2) is 79.2 Å². The first-order chi connectivity index (χ1) is 21.4. The zero-order chi connectivity index (χ0) is 31.9. The van der Waals surface area contributed by atoms with Crippen molar-refractivity contribution in [2.45, 2.75) is 76.1 Å². The molecule has 4 aromatic rings. The highest BCUT2D eigenvalue weighted by Gasteiger charge is 2.40. The third kappa shape index (κ3) is 6.79. The summed E-state index contributed by atoms with van der Waals surface area (Å²) in [7, 11) is 0. The number of rotatable bonds is 9. The normalized spacial score (nSPS) is 22.2. The lowest BCUT2D eigenvalue weighted by molar-refractivity contribution is -0.139. The van der Waals surface area contributed by atoms with Gasteiger partial charge in [-0.3, -0.25) is 9.48 Å². The first kappa shape index (κ1) is 30.9. The predicted octanol–water partition coefficient (Wildman–Crippen LogP) is 5.58. The molecule has 1 saturated carbocycles. The van der Waals surface area contributed by atoms with Gasteiger partial charge in [-0.15, -0.1) is 0 Å². The maximum absolute atomic E-state index is 14.9. The number of anilines is 1. The molecule has 16 heteroatoms. The Bertz CT molecular complexity index is 1660. The van der Waals surface area contributed by atoms with Gasteiger partial charge in [0.15, 0.2) is 0 Å². The summed E-state index contributed by atoms with van der Waals surface area (Å²) in [6.45, 7) is 2.11. The van der Waals surface area contributed by atoms with E-state index < -0.39 is 42.8 Å². The highest BCUT2D eigenvalue weighted by atomic mass is 19.4. The van der Waals surface area contributed by atoms with Crippen LogP contribution in [0.15, 0.2) is 41.2 Å². The second-order valence-electron chi connectivity index (χ2n) is 11.6. The smallest absolute Gasteiger partial charge is 0.379 e. The van der Waals surface area contributed by atoms with E-state index in [1.807, 2.05) is 11.8 Å². The monoisotopic (exact) mass is 638 g/mol. The summed E-state index contributed by atoms with van der Waals surface area (Å²) in [6.07, 6.45) is -2.86. The SMILES string of the molecule is CCN1CC[C@@H](Nc2cccc3c2cc(-c2noc(CNC(=O)c4cnn(C5CCC(F)(F)C5)c4)n2)n3CC(F)(F)F)[C@@H](F)C1. The number of carbonyl (C=O) groups is 1. The lowest BCUT2D eigenvalue weighted by Gasteiger charge is -2.35. The summed E-state index contributed by atoms with van der Waals surface area (Å²) in [5.41, 5.74) is 0.923. The van der Waals surface area contributed by atoms with Gasteiger partial charge in [-0.1, -0.05) is 18.1 Å². The number of nitrogens with zero attached hydrogens (tertiary/aromatic N) is 6. The molecule has 1 amide bonds. The maximum Gasteiger partial charge on any atom is 0.406 e. The summed E-state index contributed by atoms with van der Waals surface area (Å²) < 4.78 is 90.8. The van der Waals surface area contributed by atoms with Gasteiger partial charge in [0.05, 0.1) is 41.6 Å². The van der Waals surface area contributed by atoms with Gasteiger partial charge in [-0.25, -0.2) is 13.2 Å². The number of nitrogens with one attached hydrogen (secondary N) is 2. The third-order valence-electron chi connectivity index (χ3n) is 8.41. The van der Waals surface area contributed by atoms with Crippen LogP contribution in [0.3, 0.4) is 0 Å². The van der Waals surface area contributed by atoms with Crippen molar-refractivity contribution in [3.8, 4) is 11.5 Å². The molecular formula is C29H32F6N8O2. The average Bonchev–Trinajstić information content (AvgIpc) is 3.78. The Morgan fingerprint density at radius 3 is 2.76 bits per heavy atom. The Kier molecular flexibility index (Phi) is 8.26. The molecule has 242 valence electrons. The molecule has 4 heterocycles. The second-order valence-corrected chi connectivity index (χ2v) is 11.6. The van der Waals surface area contributed by atoms with Crippen molar-refractivity contribution in [1.29, 1.82) is 0 Å². The van der Waals surface area contributed by atoms with Crippen LogP contribution in [0.2, 0.25) is 0 Å². The lowest BCUT2D eigenvalue weighted by atomic mass is 10.0. The Morgan fingerprint density at radius 1 is 1.22 bits per heavy atom. The van der Waals surface area contributed by atoms with Gasteiger partial charge < -0.3 is 24.6 Å². The summed E-state index contributed by atoms with van der Waals surface area (Å²) in [5, 5.41) is 14.1. The minimum absolute atomic E-state index is 0.0325. The summed E-state index contributed by atoms with van der Waals surface area (Å²) >= 11 is 0. The molecule has 1 aliphatic carbocycles. The number of benzene rings is 1. The molecule has 6 rings (SSSR count). The van der Waals surface area contributed by atoms with E-state index >= 15 is 0 Å². The predicted molar refractivity (Wildman–Crippen MR) is 152 cm³/mol. The summed E-state index contributed by atoms with van der Waals surface area (Å²) in [6, 6.07) is 5.34. The fraction of sp³-hybridized carbons (Fsp3) is 0.517. The summed E-state index contributed by atoms with van der Waals surface area (Å²) in [5.74, 6) is -3.52. The second kappa shape index (κ2) is 12.0. The third-order valence-corrected chi connectivity index (χ3v) is 8.41. The first-order valence-corrected chi connectivity index (χ1v) is 14.7. The number of aromatic nitrogens is 5. The van der Waals surface area contributed by atoms with Gasteiger partial charge in [0.1, 0.15) is 12.7 Å². The van der Waals surface area contributed by atoms with Gasteiger partial charge in [-0.05, 0) is 37.6 Å². The molecule has 2 N–H and O–H groups in total. The van der Waals surface area contributed by atoms with Crippen LogP contribution >= 0.6 is 0 Å². The van der Waals surface area contributed by atoms with E-state index in [4.69, 9.17) is 4.52 Å². The van der Waals surface area contributed by atoms with Crippen molar-refractivity contribution >= 4 is 22.5 Å². The highest BCUT2D eigenvalue weighted by molar-refractivity contribution is 5.96. The fourth-order valence-electron chi connectivity index (χ4n) is 6.06. The van der Waals surface area contributed by atoms with E-state index in [0.29, 0.717) is 24.0 Å². The molecule has 10 nitrogen and oxygen atoms in total. The first-order valence-electron chi connectivity index (χ1n) is 14.7. The molecule has 1 aromatic carbocycles. The van der Waals surface area contributed by atoms with E-state index in [1.165, 1.54) is 29.2 Å². The van der Waals surface area contributed by atoms with Gasteiger partial charge in [0.2, 0.25) is 17.6 Å². The van der Waals surface area contributed by atoms with Crippen molar-refractivity contribution < 1.29 is 35.7 Å². The molecule has 3 atom stereocenters. The molecule has 0 bridgehead atoms. The zero-order valence-electron chi connectivity index (χ0n) is 24.3. The topological polar surface area (TPSA) is 106 Å². The maximum atomic E-state index is 14.9. The molecule has 1 saturated heterocycles. The van der Waals surface area contributed by atoms with Crippen molar-refractivity contribution in [2.75, 3.05) is 25.0 Å². The zero-order valence-corrected chi connectivity index (χ0v) is 24.3. The van der Waals surface area contributed by atoms with Crippen LogP contribution in [0.5, 0.6) is 0 Å². The minimum Gasteiger partial charge on any atom is -0.379 e. The van der Waals surface area contributed by atoms with Crippen LogP contribution < -0.4 is 10.6 Å². The van der Waals surface area contributed by atoms with Crippen molar-refractivity contribution in [1.82, 2.24) is 34.7 Å². The Hall–Kier alpha value is -4.08. The molecule has 1 unspecified atom stereocenters. The lowest BCUT2D eigenvalue weighted by Crippen LogP contribution is -2.47. The number of hydrogen-bond acceptors (Lipinski definition) is 7. The number of fused-ring (bicyclic) bond motifs is 1. The Labute approximate surface area is 253 Å². The van der Waals surface area contributed by atoms with E-state index in [0.717, 1.165) is 11.1 Å². The van der Waals surface area contributed by atoms with Gasteiger partial charge in [0, 0.05) is 43.2 Å². The molecule has 2 fully saturated rings. The fourth-order valence-corrected chi connectivity index (χ4v) is 6.06. The Morgan fingerprint density at radius 2 is 2.04 bits per heavy atom. The van der Waals surface area contributed by atoms with E-state index in [-0.39, 0.29) is 60.8 Å². The number of halogens is 6. The van der Waals surface area contributed by atoms with Crippen LogP contribution in [0, 0.1) is 0 Å². The molecular weight excluding hydrogens is 606 g/mol. The number of alkyl halides is 6. The van der Waals surface area contributed by atoms with Crippen molar-refractivity contribution in [3.05, 3.63) is 48.1 Å². The molecule has 2 aliphatic rings. The molecule has 45 heavy (non-hydrogen) atoms. The molecule has 0 spiro atoms. The van der Waals surface area contributed by atoms with Crippen LogP contribution in [0.1, 0.15) is 54.9 Å². The average molecular weight is 639 g/mol. The minimum atomic E-state index is -4.57. The van der Waals surface area contributed by atoms with Crippen LogP contribution in [0.25, 0.3) is 22.4 Å². The number of hydrogen-bond donors (Lipinski definition) is 2.